The molecule has 0 fully saturated rings. The minimum absolute atomic E-state index is 0.323. The van der Waals surface area contributed by atoms with Crippen LogP contribution >= 0.6 is 15.9 Å². The Labute approximate surface area is 125 Å². The van der Waals surface area contributed by atoms with Crippen molar-refractivity contribution in [1.29, 1.82) is 0 Å². The van der Waals surface area contributed by atoms with Crippen LogP contribution in [0.15, 0.2) is 41.1 Å². The second kappa shape index (κ2) is 6.38. The monoisotopic (exact) mass is 335 g/mol. The maximum absolute atomic E-state index is 12.3. The second-order valence-corrected chi connectivity index (χ2v) is 4.79. The first kappa shape index (κ1) is 14.3. The number of pyridine rings is 1. The Bertz CT molecular complexity index is 614. The summed E-state index contributed by atoms with van der Waals surface area (Å²) in [6, 6.07) is 8.62. The summed E-state index contributed by atoms with van der Waals surface area (Å²) in [6.07, 6.45) is 1.56. The minimum atomic E-state index is -0.323. The number of amides is 1. The number of nitrogens with zero attached hydrogens (tertiary/aromatic N) is 1. The molecule has 3 N–H and O–H groups in total. The number of nitrogens with one attached hydrogen (secondary N) is 1. The van der Waals surface area contributed by atoms with Crippen molar-refractivity contribution in [2.45, 2.75) is 6.92 Å². The van der Waals surface area contributed by atoms with E-state index in [2.05, 4.69) is 26.2 Å². The van der Waals surface area contributed by atoms with Crippen molar-refractivity contribution in [3.8, 4) is 5.75 Å². The molecule has 2 aromatic rings. The molecule has 0 unspecified atom stereocenters. The van der Waals surface area contributed by atoms with Gasteiger partial charge in [0, 0.05) is 5.69 Å². The summed E-state index contributed by atoms with van der Waals surface area (Å²) in [6.45, 7) is 2.31. The van der Waals surface area contributed by atoms with Gasteiger partial charge in [-0.25, -0.2) is 4.98 Å². The zero-order chi connectivity index (χ0) is 14.5. The van der Waals surface area contributed by atoms with E-state index in [1.807, 2.05) is 6.92 Å². The second-order valence-electron chi connectivity index (χ2n) is 3.98. The van der Waals surface area contributed by atoms with Gasteiger partial charge in [0.25, 0.3) is 5.91 Å². The lowest BCUT2D eigenvalue weighted by molar-refractivity contribution is 0.102. The molecular weight excluding hydrogens is 322 g/mol. The van der Waals surface area contributed by atoms with E-state index in [-0.39, 0.29) is 5.91 Å². The summed E-state index contributed by atoms with van der Waals surface area (Å²) in [7, 11) is 0. The van der Waals surface area contributed by atoms with Crippen molar-refractivity contribution < 1.29 is 9.53 Å². The standard InChI is InChI=1S/C14H14BrN3O2/c1-2-20-11-5-3-4-10(16)13(11)14(19)18-9-6-7-12(15)17-8-9/h3-8H,2,16H2,1H3,(H,18,19). The zero-order valence-corrected chi connectivity index (χ0v) is 12.5. The molecule has 0 aliphatic heterocycles. The number of nitrogens with two attached hydrogens (primary N) is 1. The van der Waals surface area contributed by atoms with Gasteiger partial charge in [-0.1, -0.05) is 6.07 Å². The molecule has 1 heterocycles. The molecule has 0 spiro atoms. The topological polar surface area (TPSA) is 77.2 Å². The van der Waals surface area contributed by atoms with E-state index in [1.165, 1.54) is 0 Å². The van der Waals surface area contributed by atoms with Crippen LogP contribution in [0.5, 0.6) is 5.75 Å². The fourth-order valence-corrected chi connectivity index (χ4v) is 1.94. The van der Waals surface area contributed by atoms with Gasteiger partial charge in [-0.2, -0.15) is 0 Å². The fraction of sp³-hybridized carbons (Fsp3) is 0.143. The van der Waals surface area contributed by atoms with Crippen LogP contribution in [-0.2, 0) is 0 Å². The van der Waals surface area contributed by atoms with Crippen molar-refractivity contribution in [1.82, 2.24) is 4.98 Å². The van der Waals surface area contributed by atoms with Crippen LogP contribution in [-0.4, -0.2) is 17.5 Å². The quantitative estimate of drug-likeness (QED) is 0.664. The van der Waals surface area contributed by atoms with Crippen LogP contribution in [0.25, 0.3) is 0 Å². The highest BCUT2D eigenvalue weighted by molar-refractivity contribution is 9.10. The maximum Gasteiger partial charge on any atom is 0.261 e. The number of aromatic nitrogens is 1. The number of hydrogen-bond donors (Lipinski definition) is 2. The smallest absolute Gasteiger partial charge is 0.261 e. The molecule has 1 aromatic carbocycles. The Morgan fingerprint density at radius 3 is 2.85 bits per heavy atom. The maximum atomic E-state index is 12.3. The van der Waals surface area contributed by atoms with E-state index in [4.69, 9.17) is 10.5 Å². The Balaban J connectivity index is 2.26. The molecule has 1 aromatic heterocycles. The third-order valence-electron chi connectivity index (χ3n) is 2.57. The highest BCUT2D eigenvalue weighted by Gasteiger charge is 2.16. The lowest BCUT2D eigenvalue weighted by Gasteiger charge is -2.12. The van der Waals surface area contributed by atoms with Crippen LogP contribution in [0, 0.1) is 0 Å². The zero-order valence-electron chi connectivity index (χ0n) is 10.9. The van der Waals surface area contributed by atoms with Gasteiger partial charge < -0.3 is 15.8 Å². The van der Waals surface area contributed by atoms with Crippen molar-refractivity contribution in [2.75, 3.05) is 17.7 Å². The Morgan fingerprint density at radius 2 is 2.20 bits per heavy atom. The average molecular weight is 336 g/mol. The van der Waals surface area contributed by atoms with Crippen molar-refractivity contribution >= 4 is 33.2 Å². The normalized spacial score (nSPS) is 10.1. The summed E-state index contributed by atoms with van der Waals surface area (Å²) in [5.41, 5.74) is 7.16. The first-order chi connectivity index (χ1) is 9.61. The lowest BCUT2D eigenvalue weighted by atomic mass is 10.1. The molecule has 0 radical (unpaired) electrons. The third kappa shape index (κ3) is 3.27. The largest absolute Gasteiger partial charge is 0.493 e. The summed E-state index contributed by atoms with van der Waals surface area (Å²) in [5, 5.41) is 2.74. The first-order valence-electron chi connectivity index (χ1n) is 6.06. The average Bonchev–Trinajstić information content (AvgIpc) is 2.42. The number of ether oxygens (including phenoxy) is 1. The van der Waals surface area contributed by atoms with Crippen molar-refractivity contribution in [2.24, 2.45) is 0 Å². The molecule has 0 aliphatic carbocycles. The summed E-state index contributed by atoms with van der Waals surface area (Å²) in [4.78, 5) is 16.4. The van der Waals surface area contributed by atoms with Gasteiger partial charge in [0.2, 0.25) is 0 Å². The molecule has 104 valence electrons. The number of anilines is 2. The molecule has 2 rings (SSSR count). The minimum Gasteiger partial charge on any atom is -0.493 e. The van der Waals surface area contributed by atoms with Crippen LogP contribution in [0.1, 0.15) is 17.3 Å². The molecule has 0 atom stereocenters. The van der Waals surface area contributed by atoms with Gasteiger partial charge in [0.05, 0.1) is 18.5 Å². The van der Waals surface area contributed by atoms with Crippen molar-refractivity contribution in [3.05, 3.63) is 46.7 Å². The molecule has 5 nitrogen and oxygen atoms in total. The molecule has 0 saturated carbocycles. The molecule has 1 amide bonds. The highest BCUT2D eigenvalue weighted by Crippen LogP contribution is 2.25. The van der Waals surface area contributed by atoms with Crippen LogP contribution in [0.4, 0.5) is 11.4 Å². The summed E-state index contributed by atoms with van der Waals surface area (Å²) in [5.74, 6) is 0.144. The van der Waals surface area contributed by atoms with E-state index in [0.29, 0.717) is 33.9 Å². The van der Waals surface area contributed by atoms with E-state index in [9.17, 15) is 4.79 Å². The van der Waals surface area contributed by atoms with Crippen molar-refractivity contribution in [3.63, 3.8) is 0 Å². The van der Waals surface area contributed by atoms with Gasteiger partial charge in [-0.05, 0) is 47.1 Å². The Kier molecular flexibility index (Phi) is 4.57. The van der Waals surface area contributed by atoms with E-state index < -0.39 is 0 Å². The molecule has 20 heavy (non-hydrogen) atoms. The summed E-state index contributed by atoms with van der Waals surface area (Å²) < 4.78 is 6.13. The summed E-state index contributed by atoms with van der Waals surface area (Å²) >= 11 is 3.24. The predicted octanol–water partition coefficient (Wildman–Crippen LogP) is 3.08. The van der Waals surface area contributed by atoms with Gasteiger partial charge in [-0.3, -0.25) is 4.79 Å². The third-order valence-corrected chi connectivity index (χ3v) is 3.04. The number of halogens is 1. The van der Waals surface area contributed by atoms with Crippen LogP contribution in [0.3, 0.4) is 0 Å². The van der Waals surface area contributed by atoms with E-state index in [0.717, 1.165) is 0 Å². The van der Waals surface area contributed by atoms with Crippen LogP contribution < -0.4 is 15.8 Å². The van der Waals surface area contributed by atoms with E-state index >= 15 is 0 Å². The number of carbonyl (C=O) groups is 1. The van der Waals surface area contributed by atoms with Gasteiger partial charge in [0.1, 0.15) is 15.9 Å². The Morgan fingerprint density at radius 1 is 1.40 bits per heavy atom. The number of nitrogen functional groups attached to an aromatic ring is 1. The molecule has 0 bridgehead atoms. The lowest BCUT2D eigenvalue weighted by Crippen LogP contribution is -2.16. The molecule has 0 saturated heterocycles. The SMILES string of the molecule is CCOc1cccc(N)c1C(=O)Nc1ccc(Br)nc1. The molecular formula is C14H14BrN3O2. The highest BCUT2D eigenvalue weighted by atomic mass is 79.9. The number of carbonyl (C=O) groups excluding carboxylic acids is 1. The number of benzene rings is 1. The van der Waals surface area contributed by atoms with Gasteiger partial charge >= 0.3 is 0 Å². The van der Waals surface area contributed by atoms with Gasteiger partial charge in [-0.15, -0.1) is 0 Å². The van der Waals surface area contributed by atoms with Crippen LogP contribution in [0.2, 0.25) is 0 Å². The fourth-order valence-electron chi connectivity index (χ4n) is 1.71. The van der Waals surface area contributed by atoms with E-state index in [1.54, 1.807) is 36.5 Å². The first-order valence-corrected chi connectivity index (χ1v) is 6.85. The molecule has 0 aliphatic rings. The Hall–Kier alpha value is -2.08. The number of hydrogen-bond acceptors (Lipinski definition) is 4. The molecule has 6 heteroatoms. The number of rotatable bonds is 4. The predicted molar refractivity (Wildman–Crippen MR) is 81.9 cm³/mol. The van der Waals surface area contributed by atoms with Gasteiger partial charge in [0.15, 0.2) is 0 Å².